The Morgan fingerprint density at radius 3 is 2.58 bits per heavy atom. The standard InChI is InChI=1S/C14H16N2O2S/c1-2-12-7-8-19-14(12)10-15-9-11-3-5-13(6-4-11)16(17)18/h3-8,15H,2,9-10H2,1H3. The van der Waals surface area contributed by atoms with E-state index < -0.39 is 0 Å². The molecule has 4 nitrogen and oxygen atoms in total. The van der Waals surface area contributed by atoms with E-state index in [0.29, 0.717) is 0 Å². The number of nitrogens with zero attached hydrogens (tertiary/aromatic N) is 1. The molecule has 0 unspecified atom stereocenters. The summed E-state index contributed by atoms with van der Waals surface area (Å²) >= 11 is 1.76. The van der Waals surface area contributed by atoms with Gasteiger partial charge in [0.25, 0.3) is 5.69 Å². The second-order valence-corrected chi connectivity index (χ2v) is 5.25. The van der Waals surface area contributed by atoms with Gasteiger partial charge in [0, 0.05) is 30.1 Å². The normalized spacial score (nSPS) is 10.6. The summed E-state index contributed by atoms with van der Waals surface area (Å²) in [4.78, 5) is 11.5. The largest absolute Gasteiger partial charge is 0.308 e. The summed E-state index contributed by atoms with van der Waals surface area (Å²) in [7, 11) is 0. The van der Waals surface area contributed by atoms with Crippen LogP contribution >= 0.6 is 11.3 Å². The van der Waals surface area contributed by atoms with Crippen LogP contribution in [0.4, 0.5) is 5.69 Å². The number of non-ortho nitro benzene ring substituents is 1. The predicted molar refractivity (Wildman–Crippen MR) is 77.3 cm³/mol. The van der Waals surface area contributed by atoms with Crippen LogP contribution in [0.3, 0.4) is 0 Å². The fraction of sp³-hybridized carbons (Fsp3) is 0.286. The van der Waals surface area contributed by atoms with Crippen LogP contribution in [0.25, 0.3) is 0 Å². The van der Waals surface area contributed by atoms with E-state index in [1.807, 2.05) is 0 Å². The van der Waals surface area contributed by atoms with E-state index in [9.17, 15) is 10.1 Å². The lowest BCUT2D eigenvalue weighted by Gasteiger charge is -2.05. The first-order valence-corrected chi connectivity index (χ1v) is 7.08. The third-order valence-corrected chi connectivity index (χ3v) is 3.94. The lowest BCUT2D eigenvalue weighted by atomic mass is 10.2. The van der Waals surface area contributed by atoms with E-state index in [1.165, 1.54) is 10.4 Å². The Bertz CT molecular complexity index is 549. The van der Waals surface area contributed by atoms with Gasteiger partial charge in [-0.25, -0.2) is 0 Å². The van der Waals surface area contributed by atoms with Crippen molar-refractivity contribution in [2.75, 3.05) is 0 Å². The third kappa shape index (κ3) is 3.62. The molecule has 1 aromatic heterocycles. The highest BCUT2D eigenvalue weighted by atomic mass is 32.1. The number of nitro groups is 1. The molecule has 19 heavy (non-hydrogen) atoms. The van der Waals surface area contributed by atoms with Crippen LogP contribution in [0.5, 0.6) is 0 Å². The summed E-state index contributed by atoms with van der Waals surface area (Å²) in [5, 5.41) is 16.0. The molecule has 0 aliphatic carbocycles. The molecule has 0 fully saturated rings. The molecular weight excluding hydrogens is 260 g/mol. The Labute approximate surface area is 116 Å². The maximum Gasteiger partial charge on any atom is 0.269 e. The molecule has 0 amide bonds. The topological polar surface area (TPSA) is 55.2 Å². The Hall–Kier alpha value is -1.72. The maximum atomic E-state index is 10.5. The van der Waals surface area contributed by atoms with Gasteiger partial charge in [-0.15, -0.1) is 11.3 Å². The zero-order valence-corrected chi connectivity index (χ0v) is 11.6. The SMILES string of the molecule is CCc1ccsc1CNCc1ccc([N+](=O)[O-])cc1. The minimum atomic E-state index is -0.379. The molecule has 0 aliphatic heterocycles. The van der Waals surface area contributed by atoms with Crippen molar-refractivity contribution in [3.05, 3.63) is 61.8 Å². The van der Waals surface area contributed by atoms with Crippen molar-refractivity contribution >= 4 is 17.0 Å². The quantitative estimate of drug-likeness (QED) is 0.649. The van der Waals surface area contributed by atoms with Gasteiger partial charge in [0.2, 0.25) is 0 Å². The molecule has 0 aliphatic rings. The van der Waals surface area contributed by atoms with Crippen molar-refractivity contribution < 1.29 is 4.92 Å². The van der Waals surface area contributed by atoms with Crippen LogP contribution in [-0.4, -0.2) is 4.92 Å². The molecule has 1 aromatic carbocycles. The van der Waals surface area contributed by atoms with Gasteiger partial charge >= 0.3 is 0 Å². The fourth-order valence-electron chi connectivity index (χ4n) is 1.89. The zero-order chi connectivity index (χ0) is 13.7. The number of nitrogens with one attached hydrogen (secondary N) is 1. The van der Waals surface area contributed by atoms with Crippen LogP contribution in [0.1, 0.15) is 22.9 Å². The highest BCUT2D eigenvalue weighted by Gasteiger charge is 2.04. The molecule has 1 heterocycles. The molecule has 2 rings (SSSR count). The maximum absolute atomic E-state index is 10.5. The van der Waals surface area contributed by atoms with Crippen molar-refractivity contribution in [1.29, 1.82) is 0 Å². The summed E-state index contributed by atoms with van der Waals surface area (Å²) in [6, 6.07) is 8.83. The second-order valence-electron chi connectivity index (χ2n) is 4.25. The Morgan fingerprint density at radius 2 is 1.95 bits per heavy atom. The van der Waals surface area contributed by atoms with E-state index in [2.05, 4.69) is 23.7 Å². The van der Waals surface area contributed by atoms with Gasteiger partial charge in [0.15, 0.2) is 0 Å². The molecule has 0 spiro atoms. The van der Waals surface area contributed by atoms with Crippen LogP contribution in [0.2, 0.25) is 0 Å². The summed E-state index contributed by atoms with van der Waals surface area (Å²) in [5.41, 5.74) is 2.58. The van der Waals surface area contributed by atoms with Gasteiger partial charge in [0.1, 0.15) is 0 Å². The zero-order valence-electron chi connectivity index (χ0n) is 10.8. The number of hydrogen-bond donors (Lipinski definition) is 1. The van der Waals surface area contributed by atoms with E-state index in [1.54, 1.807) is 35.6 Å². The summed E-state index contributed by atoms with van der Waals surface area (Å²) in [6.45, 7) is 3.72. The predicted octanol–water partition coefficient (Wildman–Crippen LogP) is 3.51. The smallest absolute Gasteiger partial charge is 0.269 e. The molecule has 0 atom stereocenters. The Morgan fingerprint density at radius 1 is 1.21 bits per heavy atom. The molecule has 1 N–H and O–H groups in total. The lowest BCUT2D eigenvalue weighted by molar-refractivity contribution is -0.384. The van der Waals surface area contributed by atoms with E-state index >= 15 is 0 Å². The number of aryl methyl sites for hydroxylation is 1. The average molecular weight is 276 g/mol. The molecular formula is C14H16N2O2S. The highest BCUT2D eigenvalue weighted by Crippen LogP contribution is 2.17. The van der Waals surface area contributed by atoms with Crippen molar-refractivity contribution in [1.82, 2.24) is 5.32 Å². The van der Waals surface area contributed by atoms with Gasteiger partial charge in [-0.05, 0) is 29.0 Å². The minimum Gasteiger partial charge on any atom is -0.308 e. The number of hydrogen-bond acceptors (Lipinski definition) is 4. The van der Waals surface area contributed by atoms with E-state index in [-0.39, 0.29) is 10.6 Å². The number of benzene rings is 1. The number of nitro benzene ring substituents is 1. The van der Waals surface area contributed by atoms with Crippen LogP contribution in [-0.2, 0) is 19.5 Å². The highest BCUT2D eigenvalue weighted by molar-refractivity contribution is 7.10. The molecule has 5 heteroatoms. The van der Waals surface area contributed by atoms with Crippen molar-refractivity contribution in [3.8, 4) is 0 Å². The molecule has 0 saturated carbocycles. The van der Waals surface area contributed by atoms with Crippen LogP contribution in [0.15, 0.2) is 35.7 Å². The average Bonchev–Trinajstić information content (AvgIpc) is 2.87. The first-order valence-electron chi connectivity index (χ1n) is 6.20. The summed E-state index contributed by atoms with van der Waals surface area (Å²) < 4.78 is 0. The van der Waals surface area contributed by atoms with Gasteiger partial charge in [-0.2, -0.15) is 0 Å². The van der Waals surface area contributed by atoms with Gasteiger partial charge < -0.3 is 5.32 Å². The second kappa shape index (κ2) is 6.45. The first-order chi connectivity index (χ1) is 9.20. The summed E-state index contributed by atoms with van der Waals surface area (Å²) in [6.07, 6.45) is 1.05. The lowest BCUT2D eigenvalue weighted by Crippen LogP contribution is -2.12. The first kappa shape index (κ1) is 13.7. The number of thiophene rings is 1. The Balaban J connectivity index is 1.87. The molecule has 2 aromatic rings. The molecule has 0 radical (unpaired) electrons. The van der Waals surface area contributed by atoms with Gasteiger partial charge in [-0.3, -0.25) is 10.1 Å². The van der Waals surface area contributed by atoms with Gasteiger partial charge in [0.05, 0.1) is 4.92 Å². The third-order valence-electron chi connectivity index (χ3n) is 2.98. The van der Waals surface area contributed by atoms with Gasteiger partial charge in [-0.1, -0.05) is 19.1 Å². The van der Waals surface area contributed by atoms with Crippen molar-refractivity contribution in [2.24, 2.45) is 0 Å². The van der Waals surface area contributed by atoms with E-state index in [0.717, 1.165) is 25.1 Å². The number of rotatable bonds is 6. The van der Waals surface area contributed by atoms with Crippen LogP contribution in [0, 0.1) is 10.1 Å². The monoisotopic (exact) mass is 276 g/mol. The van der Waals surface area contributed by atoms with Crippen LogP contribution < -0.4 is 5.32 Å². The molecule has 100 valence electrons. The van der Waals surface area contributed by atoms with Crippen molar-refractivity contribution in [2.45, 2.75) is 26.4 Å². The van der Waals surface area contributed by atoms with E-state index in [4.69, 9.17) is 0 Å². The summed E-state index contributed by atoms with van der Waals surface area (Å²) in [5.74, 6) is 0. The molecule has 0 bridgehead atoms. The molecule has 0 saturated heterocycles. The Kier molecular flexibility index (Phi) is 4.65. The van der Waals surface area contributed by atoms with Crippen molar-refractivity contribution in [3.63, 3.8) is 0 Å². The fourth-order valence-corrected chi connectivity index (χ4v) is 2.84. The minimum absolute atomic E-state index is 0.135.